The number of thiophene rings is 1. The topological polar surface area (TPSA) is 57.2 Å². The fourth-order valence-corrected chi connectivity index (χ4v) is 2.74. The number of nitrogens with two attached hydrogens (primary N) is 1. The van der Waals surface area contributed by atoms with E-state index in [1.54, 1.807) is 28.2 Å². The Bertz CT molecular complexity index is 572. The monoisotopic (exact) mass is 278 g/mol. The summed E-state index contributed by atoms with van der Waals surface area (Å²) in [6.07, 6.45) is 2.75. The number of ether oxygens (including phenoxy) is 1. The highest BCUT2D eigenvalue weighted by Gasteiger charge is 2.14. The molecule has 0 bridgehead atoms. The SMILES string of the molecule is CCc1ccc(COC(=O)c2cc(N)cn2CC)s1. The van der Waals surface area contributed by atoms with E-state index in [1.807, 2.05) is 13.0 Å². The van der Waals surface area contributed by atoms with Gasteiger partial charge in [-0.2, -0.15) is 0 Å². The van der Waals surface area contributed by atoms with Gasteiger partial charge in [-0.1, -0.05) is 6.92 Å². The molecule has 5 heteroatoms. The molecule has 0 amide bonds. The lowest BCUT2D eigenvalue weighted by atomic mass is 10.4. The minimum absolute atomic E-state index is 0.318. The zero-order valence-electron chi connectivity index (χ0n) is 11.2. The number of esters is 1. The van der Waals surface area contributed by atoms with E-state index in [1.165, 1.54) is 4.88 Å². The first-order valence-electron chi connectivity index (χ1n) is 6.34. The molecule has 2 rings (SSSR count). The Hall–Kier alpha value is -1.75. The van der Waals surface area contributed by atoms with Gasteiger partial charge >= 0.3 is 5.97 Å². The van der Waals surface area contributed by atoms with Crippen molar-refractivity contribution in [2.24, 2.45) is 0 Å². The van der Waals surface area contributed by atoms with Gasteiger partial charge in [0.15, 0.2) is 0 Å². The molecule has 0 fully saturated rings. The van der Waals surface area contributed by atoms with Crippen molar-refractivity contribution >= 4 is 23.0 Å². The maximum absolute atomic E-state index is 12.0. The van der Waals surface area contributed by atoms with Crippen LogP contribution < -0.4 is 5.73 Å². The molecule has 0 unspecified atom stereocenters. The van der Waals surface area contributed by atoms with Gasteiger partial charge in [-0.15, -0.1) is 11.3 Å². The number of rotatable bonds is 5. The Kier molecular flexibility index (Phi) is 4.27. The molecule has 0 aromatic carbocycles. The second-order valence-corrected chi connectivity index (χ2v) is 5.50. The van der Waals surface area contributed by atoms with Gasteiger partial charge in [0.1, 0.15) is 12.3 Å². The summed E-state index contributed by atoms with van der Waals surface area (Å²) in [6, 6.07) is 5.72. The summed E-state index contributed by atoms with van der Waals surface area (Å²) in [5.41, 5.74) is 6.78. The third kappa shape index (κ3) is 3.17. The van der Waals surface area contributed by atoms with E-state index in [2.05, 4.69) is 13.0 Å². The molecule has 0 saturated carbocycles. The van der Waals surface area contributed by atoms with E-state index >= 15 is 0 Å². The van der Waals surface area contributed by atoms with E-state index in [0.29, 0.717) is 24.5 Å². The van der Waals surface area contributed by atoms with Gasteiger partial charge in [0, 0.05) is 22.5 Å². The van der Waals surface area contributed by atoms with Gasteiger partial charge in [0.2, 0.25) is 0 Å². The van der Waals surface area contributed by atoms with Crippen LogP contribution in [0.1, 0.15) is 34.1 Å². The van der Waals surface area contributed by atoms with Gasteiger partial charge in [-0.3, -0.25) is 0 Å². The Labute approximate surface area is 116 Å². The number of nitrogens with zero attached hydrogens (tertiary/aromatic N) is 1. The molecule has 0 aliphatic carbocycles. The number of carbonyl (C=O) groups excluding carboxylic acids is 1. The predicted molar refractivity (Wildman–Crippen MR) is 77.3 cm³/mol. The summed E-state index contributed by atoms with van der Waals surface area (Å²) in [6.45, 7) is 5.08. The van der Waals surface area contributed by atoms with Crippen molar-refractivity contribution in [3.63, 3.8) is 0 Å². The predicted octanol–water partition coefficient (Wildman–Crippen LogP) is 3.07. The van der Waals surface area contributed by atoms with Crippen LogP contribution in [0.2, 0.25) is 0 Å². The number of aromatic nitrogens is 1. The number of aryl methyl sites for hydroxylation is 2. The van der Waals surface area contributed by atoms with Crippen LogP contribution in [0, 0.1) is 0 Å². The third-order valence-corrected chi connectivity index (χ3v) is 4.08. The summed E-state index contributed by atoms with van der Waals surface area (Å²) in [7, 11) is 0. The molecule has 19 heavy (non-hydrogen) atoms. The van der Waals surface area contributed by atoms with Crippen molar-refractivity contribution in [2.45, 2.75) is 33.4 Å². The zero-order chi connectivity index (χ0) is 13.8. The Morgan fingerprint density at radius 3 is 2.74 bits per heavy atom. The van der Waals surface area contributed by atoms with Crippen molar-refractivity contribution in [1.29, 1.82) is 0 Å². The van der Waals surface area contributed by atoms with Crippen LogP contribution in [0.15, 0.2) is 24.4 Å². The fourth-order valence-electron chi connectivity index (χ4n) is 1.87. The van der Waals surface area contributed by atoms with Crippen LogP contribution in [-0.2, 0) is 24.3 Å². The molecular weight excluding hydrogens is 260 g/mol. The fraction of sp³-hybridized carbons (Fsp3) is 0.357. The standard InChI is InChI=1S/C14H18N2O2S/c1-3-11-5-6-12(19-11)9-18-14(17)13-7-10(15)8-16(13)4-2/h5-8H,3-4,9,15H2,1-2H3. The molecule has 0 saturated heterocycles. The Morgan fingerprint density at radius 2 is 2.11 bits per heavy atom. The average molecular weight is 278 g/mol. The lowest BCUT2D eigenvalue weighted by molar-refractivity contribution is 0.0464. The summed E-state index contributed by atoms with van der Waals surface area (Å²) in [4.78, 5) is 14.4. The van der Waals surface area contributed by atoms with Crippen LogP contribution in [0.4, 0.5) is 5.69 Å². The van der Waals surface area contributed by atoms with Crippen molar-refractivity contribution in [2.75, 3.05) is 5.73 Å². The van der Waals surface area contributed by atoms with E-state index in [9.17, 15) is 4.79 Å². The van der Waals surface area contributed by atoms with Crippen molar-refractivity contribution < 1.29 is 9.53 Å². The van der Waals surface area contributed by atoms with Gasteiger partial charge in [-0.05, 0) is 31.5 Å². The van der Waals surface area contributed by atoms with Crippen molar-refractivity contribution in [3.05, 3.63) is 39.8 Å². The molecular formula is C14H18N2O2S. The molecule has 102 valence electrons. The smallest absolute Gasteiger partial charge is 0.355 e. The molecule has 0 aliphatic heterocycles. The minimum Gasteiger partial charge on any atom is -0.455 e. The van der Waals surface area contributed by atoms with Gasteiger partial charge < -0.3 is 15.0 Å². The van der Waals surface area contributed by atoms with Crippen molar-refractivity contribution in [3.8, 4) is 0 Å². The quantitative estimate of drug-likeness (QED) is 0.855. The molecule has 2 aromatic heterocycles. The first-order chi connectivity index (χ1) is 9.13. The number of carbonyl (C=O) groups is 1. The second kappa shape index (κ2) is 5.93. The van der Waals surface area contributed by atoms with Crippen LogP contribution in [0.3, 0.4) is 0 Å². The minimum atomic E-state index is -0.329. The Morgan fingerprint density at radius 1 is 1.37 bits per heavy atom. The lowest BCUT2D eigenvalue weighted by Crippen LogP contribution is -2.10. The van der Waals surface area contributed by atoms with Crippen LogP contribution in [0.5, 0.6) is 0 Å². The van der Waals surface area contributed by atoms with Crippen LogP contribution in [0.25, 0.3) is 0 Å². The Balaban J connectivity index is 2.00. The number of anilines is 1. The highest BCUT2D eigenvalue weighted by atomic mass is 32.1. The van der Waals surface area contributed by atoms with E-state index < -0.39 is 0 Å². The molecule has 0 radical (unpaired) electrons. The van der Waals surface area contributed by atoms with E-state index in [4.69, 9.17) is 10.5 Å². The molecule has 0 spiro atoms. The average Bonchev–Trinajstić information content (AvgIpc) is 3.01. The van der Waals surface area contributed by atoms with Crippen molar-refractivity contribution in [1.82, 2.24) is 4.57 Å². The van der Waals surface area contributed by atoms with Crippen LogP contribution >= 0.6 is 11.3 Å². The largest absolute Gasteiger partial charge is 0.455 e. The summed E-state index contributed by atoms with van der Waals surface area (Å²) >= 11 is 1.68. The normalized spacial score (nSPS) is 10.6. The molecule has 2 heterocycles. The van der Waals surface area contributed by atoms with E-state index in [-0.39, 0.29) is 5.97 Å². The number of hydrogen-bond acceptors (Lipinski definition) is 4. The highest BCUT2D eigenvalue weighted by Crippen LogP contribution is 2.19. The molecule has 0 aliphatic rings. The first-order valence-corrected chi connectivity index (χ1v) is 7.16. The third-order valence-electron chi connectivity index (χ3n) is 2.88. The lowest BCUT2D eigenvalue weighted by Gasteiger charge is -2.05. The molecule has 2 N–H and O–H groups in total. The summed E-state index contributed by atoms with van der Waals surface area (Å²) in [5.74, 6) is -0.329. The maximum atomic E-state index is 12.0. The first kappa shape index (κ1) is 13.7. The van der Waals surface area contributed by atoms with Gasteiger partial charge in [0.05, 0.1) is 5.69 Å². The molecule has 2 aromatic rings. The van der Waals surface area contributed by atoms with E-state index in [0.717, 1.165) is 11.3 Å². The maximum Gasteiger partial charge on any atom is 0.355 e. The van der Waals surface area contributed by atoms with Gasteiger partial charge in [-0.25, -0.2) is 4.79 Å². The van der Waals surface area contributed by atoms with Gasteiger partial charge in [0.25, 0.3) is 0 Å². The number of nitrogen functional groups attached to an aromatic ring is 1. The highest BCUT2D eigenvalue weighted by molar-refractivity contribution is 7.11. The zero-order valence-corrected chi connectivity index (χ0v) is 12.0. The summed E-state index contributed by atoms with van der Waals surface area (Å²) in [5, 5.41) is 0. The molecule has 4 nitrogen and oxygen atoms in total. The summed E-state index contributed by atoms with van der Waals surface area (Å²) < 4.78 is 7.12. The second-order valence-electron chi connectivity index (χ2n) is 4.24. The molecule has 0 atom stereocenters. The number of hydrogen-bond donors (Lipinski definition) is 1. The van der Waals surface area contributed by atoms with Crippen LogP contribution in [-0.4, -0.2) is 10.5 Å².